The van der Waals surface area contributed by atoms with Crippen molar-refractivity contribution in [3.8, 4) is 0 Å². The maximum absolute atomic E-state index is 12.4. The van der Waals surface area contributed by atoms with E-state index in [2.05, 4.69) is 37.3 Å². The van der Waals surface area contributed by atoms with Gasteiger partial charge in [0.15, 0.2) is 0 Å². The molecule has 0 bridgehead atoms. The summed E-state index contributed by atoms with van der Waals surface area (Å²) >= 11 is 0. The number of aryl methyl sites for hydroxylation is 1. The molecule has 0 aliphatic rings. The van der Waals surface area contributed by atoms with Crippen molar-refractivity contribution in [1.29, 1.82) is 5.41 Å². The van der Waals surface area contributed by atoms with Crippen molar-refractivity contribution in [3.63, 3.8) is 0 Å². The lowest BCUT2D eigenvalue weighted by Crippen LogP contribution is -2.45. The zero-order chi connectivity index (χ0) is 28.5. The van der Waals surface area contributed by atoms with Crippen molar-refractivity contribution < 1.29 is 9.59 Å². The number of benzene rings is 2. The summed E-state index contributed by atoms with van der Waals surface area (Å²) in [5, 5.41) is 29.3. The quantitative estimate of drug-likeness (QED) is 0.116. The number of rotatable bonds is 13. The fourth-order valence-electron chi connectivity index (χ4n) is 3.97. The highest BCUT2D eigenvalue weighted by Gasteiger charge is 2.17. The van der Waals surface area contributed by atoms with E-state index >= 15 is 0 Å². The predicted molar refractivity (Wildman–Crippen MR) is 148 cm³/mol. The zero-order valence-electron chi connectivity index (χ0n) is 22.2. The average molecular weight is 544 g/mol. The van der Waals surface area contributed by atoms with Gasteiger partial charge in [-0.1, -0.05) is 65.9 Å². The van der Waals surface area contributed by atoms with E-state index in [9.17, 15) is 9.59 Å². The van der Waals surface area contributed by atoms with Gasteiger partial charge in [-0.25, -0.2) is 9.36 Å². The van der Waals surface area contributed by atoms with Gasteiger partial charge in [0.25, 0.3) is 0 Å². The second kappa shape index (κ2) is 13.2. The van der Waals surface area contributed by atoms with Crippen molar-refractivity contribution in [3.05, 3.63) is 94.6 Å². The van der Waals surface area contributed by atoms with Crippen molar-refractivity contribution in [1.82, 2.24) is 40.6 Å². The summed E-state index contributed by atoms with van der Waals surface area (Å²) in [4.78, 5) is 24.6. The van der Waals surface area contributed by atoms with Gasteiger partial charge < -0.3 is 22.1 Å². The molecule has 2 heterocycles. The van der Waals surface area contributed by atoms with Gasteiger partial charge in [-0.15, -0.1) is 10.2 Å². The molecule has 4 aromatic rings. The molecule has 2 aromatic carbocycles. The largest absolute Gasteiger partial charge is 0.384 e. The van der Waals surface area contributed by atoms with E-state index in [1.54, 1.807) is 35.1 Å². The molecule has 0 unspecified atom stereocenters. The molecule has 13 nitrogen and oxygen atoms in total. The minimum atomic E-state index is -0.879. The summed E-state index contributed by atoms with van der Waals surface area (Å²) in [6.07, 6.45) is 4.73. The van der Waals surface area contributed by atoms with Crippen LogP contribution in [-0.2, 0) is 42.1 Å². The highest BCUT2D eigenvalue weighted by molar-refractivity contribution is 5.94. The van der Waals surface area contributed by atoms with E-state index in [0.717, 1.165) is 28.8 Å². The fourth-order valence-corrected chi connectivity index (χ4v) is 3.97. The third-order valence-corrected chi connectivity index (χ3v) is 6.16. The van der Waals surface area contributed by atoms with Gasteiger partial charge in [-0.3, -0.25) is 15.0 Å². The number of aromatic nitrogens is 6. The molecule has 13 heteroatoms. The first kappa shape index (κ1) is 28.1. The second-order valence-corrected chi connectivity index (χ2v) is 9.40. The van der Waals surface area contributed by atoms with Crippen LogP contribution < -0.4 is 22.1 Å². The summed E-state index contributed by atoms with van der Waals surface area (Å²) < 4.78 is 3.51. The van der Waals surface area contributed by atoms with Crippen LogP contribution in [0.2, 0.25) is 0 Å². The Labute approximate surface area is 231 Å². The van der Waals surface area contributed by atoms with Gasteiger partial charge in [-0.05, 0) is 23.1 Å². The maximum Gasteiger partial charge on any atom is 0.239 e. The van der Waals surface area contributed by atoms with Crippen LogP contribution in [0.1, 0.15) is 40.6 Å². The summed E-state index contributed by atoms with van der Waals surface area (Å²) in [6, 6.07) is 14.2. The molecule has 0 fully saturated rings. The standard InChI is InChI=1S/C27H33N11O2/c1-2-22-16-37(35-33-22)14-19-4-3-5-20(10-19)15-38-17-23(34-36-38)11-24(28)27(40)32-13-25(39)31-12-18-6-8-21(9-7-18)26(29)30/h3-10,16-17,24H,2,11-15,28H2,1H3,(H3,29,30)(H,31,39)(H,32,40)/t24-/m1/s1. The number of amides is 2. The van der Waals surface area contributed by atoms with Crippen LogP contribution in [-0.4, -0.2) is 60.2 Å². The van der Waals surface area contributed by atoms with Crippen LogP contribution in [0, 0.1) is 5.41 Å². The topological polar surface area (TPSA) is 196 Å². The number of nitrogens with one attached hydrogen (secondary N) is 3. The minimum absolute atomic E-state index is 0.0206. The van der Waals surface area contributed by atoms with Crippen LogP contribution in [0.4, 0.5) is 0 Å². The monoisotopic (exact) mass is 543 g/mol. The smallest absolute Gasteiger partial charge is 0.239 e. The third kappa shape index (κ3) is 8.04. The molecule has 0 saturated carbocycles. The highest BCUT2D eigenvalue weighted by atomic mass is 16.2. The summed E-state index contributed by atoms with van der Waals surface area (Å²) in [7, 11) is 0. The summed E-state index contributed by atoms with van der Waals surface area (Å²) in [5.41, 5.74) is 16.6. The molecular formula is C27H33N11O2. The Balaban J connectivity index is 1.21. The lowest BCUT2D eigenvalue weighted by atomic mass is 10.1. The molecule has 0 radical (unpaired) electrons. The van der Waals surface area contributed by atoms with E-state index in [1.165, 1.54) is 0 Å². The second-order valence-electron chi connectivity index (χ2n) is 9.40. The number of nitrogens with two attached hydrogens (primary N) is 2. The van der Waals surface area contributed by atoms with Crippen LogP contribution in [0.5, 0.6) is 0 Å². The van der Waals surface area contributed by atoms with Crippen molar-refractivity contribution >= 4 is 17.6 Å². The number of carbonyl (C=O) groups is 2. The van der Waals surface area contributed by atoms with Crippen molar-refractivity contribution in [2.45, 2.75) is 45.4 Å². The Morgan fingerprint density at radius 1 is 0.925 bits per heavy atom. The molecular weight excluding hydrogens is 510 g/mol. The van der Waals surface area contributed by atoms with Gasteiger partial charge >= 0.3 is 0 Å². The van der Waals surface area contributed by atoms with Crippen LogP contribution in [0.15, 0.2) is 60.9 Å². The lowest BCUT2D eigenvalue weighted by molar-refractivity contribution is -0.126. The number of carbonyl (C=O) groups excluding carboxylic acids is 2. The number of hydrogen-bond acceptors (Lipinski definition) is 8. The number of nitrogens with zero attached hydrogens (tertiary/aromatic N) is 6. The Kier molecular flexibility index (Phi) is 9.31. The molecule has 7 N–H and O–H groups in total. The average Bonchev–Trinajstić information content (AvgIpc) is 3.59. The number of amidine groups is 1. The molecule has 0 saturated heterocycles. The molecule has 0 aliphatic heterocycles. The fraction of sp³-hybridized carbons (Fsp3) is 0.296. The maximum atomic E-state index is 12.4. The molecule has 0 aliphatic carbocycles. The first-order valence-corrected chi connectivity index (χ1v) is 12.9. The molecule has 2 amide bonds. The highest BCUT2D eigenvalue weighted by Crippen LogP contribution is 2.10. The van der Waals surface area contributed by atoms with Gasteiger partial charge in [0.2, 0.25) is 11.8 Å². The van der Waals surface area contributed by atoms with E-state index in [0.29, 0.717) is 24.3 Å². The molecule has 1 atom stereocenters. The molecule has 4 rings (SSSR count). The summed E-state index contributed by atoms with van der Waals surface area (Å²) in [5.74, 6) is -0.825. The minimum Gasteiger partial charge on any atom is -0.384 e. The number of nitrogen functional groups attached to an aromatic ring is 1. The third-order valence-electron chi connectivity index (χ3n) is 6.16. The van der Waals surface area contributed by atoms with Crippen molar-refractivity contribution in [2.75, 3.05) is 6.54 Å². The molecule has 2 aromatic heterocycles. The van der Waals surface area contributed by atoms with Gasteiger partial charge in [-0.2, -0.15) is 0 Å². The first-order valence-electron chi connectivity index (χ1n) is 12.9. The lowest BCUT2D eigenvalue weighted by Gasteiger charge is -2.11. The van der Waals surface area contributed by atoms with E-state index in [-0.39, 0.29) is 31.3 Å². The normalized spacial score (nSPS) is 11.7. The summed E-state index contributed by atoms with van der Waals surface area (Å²) in [6.45, 7) is 3.26. The predicted octanol–water partition coefficient (Wildman–Crippen LogP) is 0.115. The Morgan fingerprint density at radius 3 is 2.15 bits per heavy atom. The Bertz CT molecular complexity index is 1460. The van der Waals surface area contributed by atoms with Crippen LogP contribution in [0.25, 0.3) is 0 Å². The van der Waals surface area contributed by atoms with Gasteiger partial charge in [0, 0.05) is 30.9 Å². The first-order chi connectivity index (χ1) is 19.3. The van der Waals surface area contributed by atoms with E-state index in [1.807, 2.05) is 36.0 Å². The molecule has 40 heavy (non-hydrogen) atoms. The van der Waals surface area contributed by atoms with E-state index < -0.39 is 11.9 Å². The molecule has 208 valence electrons. The Morgan fingerprint density at radius 2 is 1.55 bits per heavy atom. The zero-order valence-corrected chi connectivity index (χ0v) is 22.2. The Hall–Kier alpha value is -4.91. The van der Waals surface area contributed by atoms with Crippen molar-refractivity contribution in [2.24, 2.45) is 11.5 Å². The van der Waals surface area contributed by atoms with Gasteiger partial charge in [0.05, 0.1) is 37.1 Å². The molecule has 0 spiro atoms. The van der Waals surface area contributed by atoms with E-state index in [4.69, 9.17) is 16.9 Å². The van der Waals surface area contributed by atoms with Crippen LogP contribution >= 0.6 is 0 Å². The van der Waals surface area contributed by atoms with Crippen LogP contribution in [0.3, 0.4) is 0 Å². The van der Waals surface area contributed by atoms with Gasteiger partial charge in [0.1, 0.15) is 5.84 Å². The number of hydrogen-bond donors (Lipinski definition) is 5. The SMILES string of the molecule is CCc1cn(Cc2cccc(Cn3cc(C[C@@H](N)C(=O)NCC(=O)NCc4ccc(C(=N)N)cc4)nn3)c2)nn1.